The fourth-order valence-corrected chi connectivity index (χ4v) is 1.97. The zero-order chi connectivity index (χ0) is 12.5. The van der Waals surface area contributed by atoms with E-state index in [1.54, 1.807) is 12.3 Å². The maximum Gasteiger partial charge on any atom is 0.168 e. The molecule has 18 heavy (non-hydrogen) atoms. The van der Waals surface area contributed by atoms with E-state index in [9.17, 15) is 0 Å². The molecule has 4 heteroatoms. The first-order valence-electron chi connectivity index (χ1n) is 6.00. The van der Waals surface area contributed by atoms with Gasteiger partial charge in [-0.1, -0.05) is 0 Å². The summed E-state index contributed by atoms with van der Waals surface area (Å²) in [7, 11) is 0. The number of nitrogens with zero attached hydrogens (tertiary/aromatic N) is 2. The Morgan fingerprint density at radius 1 is 1.44 bits per heavy atom. The molecule has 2 aromatic rings. The minimum atomic E-state index is 0.547. The van der Waals surface area contributed by atoms with Crippen LogP contribution < -0.4 is 4.74 Å². The van der Waals surface area contributed by atoms with Crippen LogP contribution in [-0.4, -0.2) is 10.2 Å². The first-order valence-corrected chi connectivity index (χ1v) is 6.00. The average Bonchev–Trinajstić information content (AvgIpc) is 3.11. The van der Waals surface area contributed by atoms with E-state index in [0.717, 1.165) is 22.8 Å². The molecule has 1 aromatic carbocycles. The molecule has 0 radical (unpaired) electrons. The van der Waals surface area contributed by atoms with E-state index in [1.165, 1.54) is 12.8 Å². The Morgan fingerprint density at radius 3 is 2.94 bits per heavy atom. The van der Waals surface area contributed by atoms with Gasteiger partial charge >= 0.3 is 0 Å². The molecule has 1 heterocycles. The predicted molar refractivity (Wildman–Crippen MR) is 66.5 cm³/mol. The Morgan fingerprint density at radius 2 is 2.28 bits per heavy atom. The normalized spacial score (nSPS) is 14.2. The van der Waals surface area contributed by atoms with E-state index >= 15 is 0 Å². The lowest BCUT2D eigenvalue weighted by molar-refractivity contribution is 0.476. The molecule has 1 N–H and O–H groups in total. The van der Waals surface area contributed by atoms with Gasteiger partial charge in [-0.2, -0.15) is 10.4 Å². The van der Waals surface area contributed by atoms with Crippen LogP contribution in [0, 0.1) is 18.3 Å². The molecule has 0 amide bonds. The third kappa shape index (κ3) is 1.95. The van der Waals surface area contributed by atoms with Crippen LogP contribution in [0.3, 0.4) is 0 Å². The number of aromatic nitrogens is 2. The van der Waals surface area contributed by atoms with Gasteiger partial charge in [0.05, 0.1) is 17.8 Å². The Labute approximate surface area is 105 Å². The number of nitriles is 1. The number of rotatable bonds is 3. The quantitative estimate of drug-likeness (QED) is 0.894. The smallest absolute Gasteiger partial charge is 0.168 e. The fourth-order valence-electron chi connectivity index (χ4n) is 1.97. The van der Waals surface area contributed by atoms with Crippen LogP contribution in [0.25, 0.3) is 0 Å². The van der Waals surface area contributed by atoms with Crippen LogP contribution in [0.15, 0.2) is 24.4 Å². The summed E-state index contributed by atoms with van der Waals surface area (Å²) in [5, 5.41) is 16.0. The number of ether oxygens (including phenoxy) is 1. The van der Waals surface area contributed by atoms with Gasteiger partial charge in [-0.3, -0.25) is 5.10 Å². The van der Waals surface area contributed by atoms with Crippen molar-refractivity contribution < 1.29 is 4.74 Å². The van der Waals surface area contributed by atoms with Crippen molar-refractivity contribution >= 4 is 0 Å². The van der Waals surface area contributed by atoms with Crippen LogP contribution in [-0.2, 0) is 0 Å². The number of H-pyrrole nitrogens is 1. The summed E-state index contributed by atoms with van der Waals surface area (Å²) in [5.41, 5.74) is 2.61. The molecule has 3 rings (SSSR count). The standard InChI is InChI=1S/C14H13N3O/c1-9-6-12(5-4-11(9)7-15)18-13-8-16-17-14(13)10-2-3-10/h4-6,8,10H,2-3H2,1H3,(H,16,17). The topological polar surface area (TPSA) is 61.7 Å². The van der Waals surface area contributed by atoms with Crippen molar-refractivity contribution in [3.8, 4) is 17.6 Å². The highest BCUT2D eigenvalue weighted by atomic mass is 16.5. The lowest BCUT2D eigenvalue weighted by atomic mass is 10.1. The van der Waals surface area contributed by atoms with Crippen molar-refractivity contribution in [2.24, 2.45) is 0 Å². The predicted octanol–water partition coefficient (Wildman–Crippen LogP) is 3.26. The summed E-state index contributed by atoms with van der Waals surface area (Å²) in [6, 6.07) is 7.62. The minimum absolute atomic E-state index is 0.547. The van der Waals surface area contributed by atoms with Gasteiger partial charge in [0.1, 0.15) is 11.4 Å². The highest BCUT2D eigenvalue weighted by Crippen LogP contribution is 2.43. The maximum atomic E-state index is 8.89. The van der Waals surface area contributed by atoms with E-state index in [1.807, 2.05) is 19.1 Å². The van der Waals surface area contributed by atoms with Crippen molar-refractivity contribution in [1.29, 1.82) is 5.26 Å². The molecular formula is C14H13N3O. The van der Waals surface area contributed by atoms with Crippen molar-refractivity contribution in [2.75, 3.05) is 0 Å². The Balaban J connectivity index is 1.86. The number of hydrogen-bond acceptors (Lipinski definition) is 3. The molecule has 0 aliphatic heterocycles. The minimum Gasteiger partial charge on any atom is -0.454 e. The Hall–Kier alpha value is -2.28. The van der Waals surface area contributed by atoms with E-state index in [4.69, 9.17) is 10.00 Å². The molecule has 1 aliphatic rings. The number of aromatic amines is 1. The van der Waals surface area contributed by atoms with Gasteiger partial charge in [0.25, 0.3) is 0 Å². The van der Waals surface area contributed by atoms with Crippen LogP contribution in [0.1, 0.15) is 35.6 Å². The Kier molecular flexibility index (Phi) is 2.52. The van der Waals surface area contributed by atoms with Gasteiger partial charge in [0, 0.05) is 5.92 Å². The molecule has 0 bridgehead atoms. The lowest BCUT2D eigenvalue weighted by Crippen LogP contribution is -1.89. The van der Waals surface area contributed by atoms with E-state index in [0.29, 0.717) is 11.5 Å². The second kappa shape index (κ2) is 4.19. The van der Waals surface area contributed by atoms with Gasteiger partial charge in [-0.05, 0) is 43.5 Å². The van der Waals surface area contributed by atoms with Crippen molar-refractivity contribution in [2.45, 2.75) is 25.7 Å². The monoisotopic (exact) mass is 239 g/mol. The maximum absolute atomic E-state index is 8.89. The summed E-state index contributed by atoms with van der Waals surface area (Å²) >= 11 is 0. The molecular weight excluding hydrogens is 226 g/mol. The zero-order valence-electron chi connectivity index (χ0n) is 10.1. The number of benzene rings is 1. The molecule has 0 atom stereocenters. The van der Waals surface area contributed by atoms with Crippen LogP contribution in [0.5, 0.6) is 11.5 Å². The molecule has 1 saturated carbocycles. The highest BCUT2D eigenvalue weighted by Gasteiger charge is 2.29. The fraction of sp³-hybridized carbons (Fsp3) is 0.286. The second-order valence-corrected chi connectivity index (χ2v) is 4.60. The van der Waals surface area contributed by atoms with Crippen LogP contribution in [0.4, 0.5) is 0 Å². The summed E-state index contributed by atoms with van der Waals surface area (Å²) in [4.78, 5) is 0. The molecule has 1 aliphatic carbocycles. The SMILES string of the molecule is Cc1cc(Oc2c[nH]nc2C2CC2)ccc1C#N. The zero-order valence-corrected chi connectivity index (χ0v) is 10.1. The lowest BCUT2D eigenvalue weighted by Gasteiger charge is -2.06. The first-order chi connectivity index (χ1) is 8.78. The summed E-state index contributed by atoms with van der Waals surface area (Å²) in [5.74, 6) is 2.09. The molecule has 4 nitrogen and oxygen atoms in total. The molecule has 0 spiro atoms. The van der Waals surface area contributed by atoms with Crippen molar-refractivity contribution in [1.82, 2.24) is 10.2 Å². The Bertz CT molecular complexity index is 620. The van der Waals surface area contributed by atoms with Crippen LogP contribution >= 0.6 is 0 Å². The molecule has 1 fully saturated rings. The average molecular weight is 239 g/mol. The largest absolute Gasteiger partial charge is 0.454 e. The number of nitrogens with one attached hydrogen (secondary N) is 1. The number of hydrogen-bond donors (Lipinski definition) is 1. The van der Waals surface area contributed by atoms with E-state index < -0.39 is 0 Å². The summed E-state index contributed by atoms with van der Waals surface area (Å²) < 4.78 is 5.83. The number of aryl methyl sites for hydroxylation is 1. The van der Waals surface area contributed by atoms with Gasteiger partial charge in [0.2, 0.25) is 0 Å². The van der Waals surface area contributed by atoms with E-state index in [-0.39, 0.29) is 0 Å². The van der Waals surface area contributed by atoms with Gasteiger partial charge in [0.15, 0.2) is 5.75 Å². The van der Waals surface area contributed by atoms with Gasteiger partial charge in [-0.15, -0.1) is 0 Å². The summed E-state index contributed by atoms with van der Waals surface area (Å²) in [6.45, 7) is 1.91. The summed E-state index contributed by atoms with van der Waals surface area (Å²) in [6.07, 6.45) is 4.16. The third-order valence-corrected chi connectivity index (χ3v) is 3.14. The first kappa shape index (κ1) is 10.8. The third-order valence-electron chi connectivity index (χ3n) is 3.14. The van der Waals surface area contributed by atoms with Gasteiger partial charge in [-0.25, -0.2) is 0 Å². The highest BCUT2D eigenvalue weighted by molar-refractivity contribution is 5.44. The molecule has 0 saturated heterocycles. The van der Waals surface area contributed by atoms with Crippen molar-refractivity contribution in [3.63, 3.8) is 0 Å². The van der Waals surface area contributed by atoms with Crippen molar-refractivity contribution in [3.05, 3.63) is 41.2 Å². The molecule has 90 valence electrons. The molecule has 1 aromatic heterocycles. The van der Waals surface area contributed by atoms with Crippen LogP contribution in [0.2, 0.25) is 0 Å². The van der Waals surface area contributed by atoms with Gasteiger partial charge < -0.3 is 4.74 Å². The van der Waals surface area contributed by atoms with E-state index in [2.05, 4.69) is 16.3 Å². The molecule has 0 unspecified atom stereocenters. The second-order valence-electron chi connectivity index (χ2n) is 4.60.